The zero-order valence-electron chi connectivity index (χ0n) is 26.0. The lowest BCUT2D eigenvalue weighted by Crippen LogP contribution is -2.56. The number of alkyl halides is 2. The Morgan fingerprint density at radius 2 is 1.80 bits per heavy atom. The van der Waals surface area contributed by atoms with Gasteiger partial charge in [-0.3, -0.25) is 24.0 Å². The minimum absolute atomic E-state index is 0.0585. The molecular formula is C35H28F4N4O6. The topological polar surface area (TPSA) is 104 Å². The number of carbonyl (C=O) groups is 1. The molecule has 4 heterocycles. The summed E-state index contributed by atoms with van der Waals surface area (Å²) in [5.41, 5.74) is 0.565. The van der Waals surface area contributed by atoms with Gasteiger partial charge in [-0.1, -0.05) is 0 Å². The number of hydrogen-bond donors (Lipinski definition) is 1. The Bertz CT molecular complexity index is 2130. The highest BCUT2D eigenvalue weighted by Crippen LogP contribution is 2.38. The first-order valence-electron chi connectivity index (χ1n) is 15.2. The number of carbonyl (C=O) groups excluding carboxylic acids is 1. The molecule has 0 saturated carbocycles. The SMILES string of the molecule is COc1cc2c(Oc3ccc(NC(=O)c4c5c(cn(-c6ccc(F)cc6)c4=O)CCO5)cc3F)ccnc2cc1OCCN1CC(F)(F)C1. The van der Waals surface area contributed by atoms with E-state index >= 15 is 4.39 Å². The third-order valence-corrected chi connectivity index (χ3v) is 8.16. The van der Waals surface area contributed by atoms with Crippen LogP contribution in [0, 0.1) is 11.6 Å². The van der Waals surface area contributed by atoms with Crippen LogP contribution in [0.4, 0.5) is 23.2 Å². The fourth-order valence-corrected chi connectivity index (χ4v) is 5.76. The van der Waals surface area contributed by atoms with E-state index in [2.05, 4.69) is 10.3 Å². The number of rotatable bonds is 10. The van der Waals surface area contributed by atoms with Crippen LogP contribution in [-0.2, 0) is 6.42 Å². The summed E-state index contributed by atoms with van der Waals surface area (Å²) in [7, 11) is 1.45. The zero-order chi connectivity index (χ0) is 34.3. The number of benzene rings is 3. The fraction of sp³-hybridized carbons (Fsp3) is 0.229. The summed E-state index contributed by atoms with van der Waals surface area (Å²) in [6.07, 6.45) is 3.50. The molecule has 2 aliphatic rings. The molecule has 3 aromatic carbocycles. The number of ether oxygens (including phenoxy) is 4. The van der Waals surface area contributed by atoms with E-state index in [4.69, 9.17) is 18.9 Å². The Balaban J connectivity index is 1.09. The summed E-state index contributed by atoms with van der Waals surface area (Å²) in [6, 6.07) is 13.9. The number of halogens is 4. The molecule has 1 fully saturated rings. The van der Waals surface area contributed by atoms with Gasteiger partial charge in [0, 0.05) is 59.8 Å². The van der Waals surface area contributed by atoms with Crippen molar-refractivity contribution in [3.63, 3.8) is 0 Å². The van der Waals surface area contributed by atoms with Crippen molar-refractivity contribution in [1.82, 2.24) is 14.5 Å². The minimum Gasteiger partial charge on any atom is -0.493 e. The van der Waals surface area contributed by atoms with E-state index in [1.54, 1.807) is 29.3 Å². The Labute approximate surface area is 276 Å². The molecule has 7 rings (SSSR count). The number of nitrogens with zero attached hydrogens (tertiary/aromatic N) is 3. The van der Waals surface area contributed by atoms with Crippen LogP contribution in [0.2, 0.25) is 0 Å². The Hall–Kier alpha value is -5.63. The van der Waals surface area contributed by atoms with Crippen LogP contribution in [0.3, 0.4) is 0 Å². The number of aromatic nitrogens is 2. The van der Waals surface area contributed by atoms with Gasteiger partial charge < -0.3 is 24.3 Å². The lowest BCUT2D eigenvalue weighted by molar-refractivity contribution is -0.132. The van der Waals surface area contributed by atoms with Crippen molar-refractivity contribution in [2.45, 2.75) is 12.3 Å². The van der Waals surface area contributed by atoms with Crippen LogP contribution in [0.1, 0.15) is 15.9 Å². The Kier molecular flexibility index (Phi) is 8.32. The molecule has 1 amide bonds. The largest absolute Gasteiger partial charge is 0.493 e. The van der Waals surface area contributed by atoms with Gasteiger partial charge in [-0.25, -0.2) is 17.6 Å². The van der Waals surface area contributed by atoms with E-state index in [0.717, 1.165) is 6.07 Å². The quantitative estimate of drug-likeness (QED) is 0.180. The fourth-order valence-electron chi connectivity index (χ4n) is 5.76. The van der Waals surface area contributed by atoms with Crippen molar-refractivity contribution in [3.8, 4) is 34.4 Å². The molecule has 1 N–H and O–H groups in total. The number of amides is 1. The Morgan fingerprint density at radius 1 is 1.00 bits per heavy atom. The minimum atomic E-state index is -2.66. The van der Waals surface area contributed by atoms with Crippen LogP contribution in [0.15, 0.2) is 77.9 Å². The summed E-state index contributed by atoms with van der Waals surface area (Å²) in [5.74, 6) is -3.79. The number of anilines is 1. The second-order valence-corrected chi connectivity index (χ2v) is 11.6. The highest BCUT2D eigenvalue weighted by Gasteiger charge is 2.43. The number of methoxy groups -OCH3 is 1. The molecule has 0 atom stereocenters. The molecule has 0 unspecified atom stereocenters. The highest BCUT2D eigenvalue weighted by molar-refractivity contribution is 6.06. The van der Waals surface area contributed by atoms with Crippen molar-refractivity contribution in [3.05, 3.63) is 106 Å². The van der Waals surface area contributed by atoms with Gasteiger partial charge >= 0.3 is 0 Å². The summed E-state index contributed by atoms with van der Waals surface area (Å²) < 4.78 is 79.2. The van der Waals surface area contributed by atoms with Crippen LogP contribution in [0.25, 0.3) is 16.6 Å². The van der Waals surface area contributed by atoms with Crippen LogP contribution >= 0.6 is 0 Å². The molecule has 0 bridgehead atoms. The van der Waals surface area contributed by atoms with Crippen molar-refractivity contribution < 1.29 is 41.3 Å². The number of fused-ring (bicyclic) bond motifs is 2. The molecule has 49 heavy (non-hydrogen) atoms. The molecule has 14 heteroatoms. The molecule has 2 aromatic heterocycles. The van der Waals surface area contributed by atoms with Gasteiger partial charge in [0.15, 0.2) is 23.1 Å². The zero-order valence-corrected chi connectivity index (χ0v) is 26.0. The number of nitrogens with one attached hydrogen (secondary N) is 1. The van der Waals surface area contributed by atoms with Crippen LogP contribution < -0.4 is 29.8 Å². The second-order valence-electron chi connectivity index (χ2n) is 11.6. The third-order valence-electron chi connectivity index (χ3n) is 8.16. The van der Waals surface area contributed by atoms with Gasteiger partial charge in [0.25, 0.3) is 17.4 Å². The maximum Gasteiger partial charge on any atom is 0.272 e. The monoisotopic (exact) mass is 676 g/mol. The van der Waals surface area contributed by atoms with Gasteiger partial charge in [0.05, 0.1) is 32.3 Å². The molecule has 5 aromatic rings. The first kappa shape index (κ1) is 31.9. The van der Waals surface area contributed by atoms with E-state index in [1.165, 1.54) is 54.3 Å². The van der Waals surface area contributed by atoms with Gasteiger partial charge in [-0.05, 0) is 48.5 Å². The Morgan fingerprint density at radius 3 is 2.53 bits per heavy atom. The average Bonchev–Trinajstić information content (AvgIpc) is 3.53. The molecule has 0 spiro atoms. The normalized spacial score (nSPS) is 14.9. The molecule has 0 aliphatic carbocycles. The molecule has 10 nitrogen and oxygen atoms in total. The maximum atomic E-state index is 15.4. The standard InChI is InChI=1S/C35H28F4N4O6/c1-46-29-15-24-26(16-30(29)47-13-11-42-18-35(38,39)19-42)40-10-8-27(24)49-28-7-4-22(14-25(28)37)41-33(44)31-32-20(9-12-48-32)17-43(34(31)45)23-5-2-21(36)3-6-23/h2-8,10,14-17H,9,11-13,18-19H2,1H3,(H,41,44). The highest BCUT2D eigenvalue weighted by atomic mass is 19.3. The van der Waals surface area contributed by atoms with Gasteiger partial charge in [-0.2, -0.15) is 0 Å². The van der Waals surface area contributed by atoms with Crippen molar-refractivity contribution >= 4 is 22.5 Å². The molecular weight excluding hydrogens is 648 g/mol. The predicted octanol–water partition coefficient (Wildman–Crippen LogP) is 5.98. The van der Waals surface area contributed by atoms with Crippen molar-refractivity contribution in [1.29, 1.82) is 0 Å². The third kappa shape index (κ3) is 6.46. The van der Waals surface area contributed by atoms with E-state index in [1.807, 2.05) is 0 Å². The van der Waals surface area contributed by atoms with E-state index < -0.39 is 29.0 Å². The molecule has 2 aliphatic heterocycles. The van der Waals surface area contributed by atoms with Crippen LogP contribution in [0.5, 0.6) is 28.7 Å². The molecule has 252 valence electrons. The molecule has 1 saturated heterocycles. The van der Waals surface area contributed by atoms with Crippen LogP contribution in [-0.4, -0.2) is 66.2 Å². The number of pyridine rings is 2. The first-order chi connectivity index (χ1) is 23.6. The maximum absolute atomic E-state index is 15.4. The summed E-state index contributed by atoms with van der Waals surface area (Å²) in [6.45, 7) is 0.141. The summed E-state index contributed by atoms with van der Waals surface area (Å²) in [5, 5.41) is 3.05. The average molecular weight is 677 g/mol. The smallest absolute Gasteiger partial charge is 0.272 e. The van der Waals surface area contributed by atoms with E-state index in [0.29, 0.717) is 46.6 Å². The lowest BCUT2D eigenvalue weighted by atomic mass is 10.1. The van der Waals surface area contributed by atoms with Gasteiger partial charge in [0.1, 0.15) is 29.5 Å². The summed E-state index contributed by atoms with van der Waals surface area (Å²) >= 11 is 0. The van der Waals surface area contributed by atoms with Crippen molar-refractivity contribution in [2.24, 2.45) is 0 Å². The van der Waals surface area contributed by atoms with Crippen molar-refractivity contribution in [2.75, 3.05) is 45.3 Å². The number of hydrogen-bond acceptors (Lipinski definition) is 8. The van der Waals surface area contributed by atoms with Gasteiger partial charge in [-0.15, -0.1) is 0 Å². The second kappa shape index (κ2) is 12.8. The summed E-state index contributed by atoms with van der Waals surface area (Å²) in [4.78, 5) is 32.8. The van der Waals surface area contributed by atoms with Gasteiger partial charge in [0.2, 0.25) is 0 Å². The number of likely N-dealkylation sites (tertiary alicyclic amines) is 1. The lowest BCUT2D eigenvalue weighted by Gasteiger charge is -2.38. The predicted molar refractivity (Wildman–Crippen MR) is 171 cm³/mol. The molecule has 0 radical (unpaired) electrons. The van der Waals surface area contributed by atoms with E-state index in [9.17, 15) is 22.8 Å². The van der Waals surface area contributed by atoms with E-state index in [-0.39, 0.29) is 54.8 Å². The first-order valence-corrected chi connectivity index (χ1v) is 15.2.